The zero-order chi connectivity index (χ0) is 12.0. The number of benzene rings is 1. The Hall–Kier alpha value is -1.81. The molecular weight excluding hydrogens is 204 g/mol. The summed E-state index contributed by atoms with van der Waals surface area (Å²) in [6.07, 6.45) is 3.09. The first-order valence-corrected chi connectivity index (χ1v) is 5.07. The van der Waals surface area contributed by atoms with Gasteiger partial charge in [0.05, 0.1) is 6.61 Å². The van der Waals surface area contributed by atoms with Gasteiger partial charge < -0.3 is 16.2 Å². The molecule has 0 aliphatic carbocycles. The van der Waals surface area contributed by atoms with E-state index in [9.17, 15) is 4.79 Å². The van der Waals surface area contributed by atoms with E-state index in [0.717, 1.165) is 5.56 Å². The molecule has 1 aromatic carbocycles. The largest absolute Gasteiger partial charge is 0.399 e. The fourth-order valence-corrected chi connectivity index (χ4v) is 1.17. The Balaban J connectivity index is 2.56. The molecule has 0 radical (unpaired) electrons. The van der Waals surface area contributed by atoms with Gasteiger partial charge in [-0.3, -0.25) is 4.79 Å². The van der Waals surface area contributed by atoms with Crippen LogP contribution >= 0.6 is 0 Å². The van der Waals surface area contributed by atoms with Crippen LogP contribution in [0.3, 0.4) is 0 Å². The lowest BCUT2D eigenvalue weighted by molar-refractivity contribution is -0.117. The SMILES string of the molecule is C[C@@H](CO)NC(=O)/C=C/c1cccc(N)c1. The highest BCUT2D eigenvalue weighted by Gasteiger charge is 2.01. The number of anilines is 1. The topological polar surface area (TPSA) is 75.3 Å². The Bertz CT molecular complexity index is 388. The van der Waals surface area contributed by atoms with Crippen molar-refractivity contribution in [2.24, 2.45) is 0 Å². The summed E-state index contributed by atoms with van der Waals surface area (Å²) in [5.41, 5.74) is 7.13. The van der Waals surface area contributed by atoms with Crippen molar-refractivity contribution < 1.29 is 9.90 Å². The number of hydrogen-bond donors (Lipinski definition) is 3. The monoisotopic (exact) mass is 220 g/mol. The van der Waals surface area contributed by atoms with Crippen molar-refractivity contribution in [3.63, 3.8) is 0 Å². The standard InChI is InChI=1S/C12H16N2O2/c1-9(8-15)14-12(16)6-5-10-3-2-4-11(13)7-10/h2-7,9,15H,8,13H2,1H3,(H,14,16)/b6-5+/t9-/m0/s1. The van der Waals surface area contributed by atoms with E-state index in [-0.39, 0.29) is 18.6 Å². The molecule has 0 saturated carbocycles. The second-order valence-corrected chi connectivity index (χ2v) is 3.60. The molecule has 0 heterocycles. The van der Waals surface area contributed by atoms with Gasteiger partial charge in [0.1, 0.15) is 0 Å². The summed E-state index contributed by atoms with van der Waals surface area (Å²) in [6, 6.07) is 7.00. The molecule has 1 rings (SSSR count). The molecule has 0 fully saturated rings. The van der Waals surface area contributed by atoms with Crippen LogP contribution in [0.4, 0.5) is 5.69 Å². The summed E-state index contributed by atoms with van der Waals surface area (Å²) in [7, 11) is 0. The van der Waals surface area contributed by atoms with Gasteiger partial charge in [-0.15, -0.1) is 0 Å². The predicted octanol–water partition coefficient (Wildman–Crippen LogP) is 0.779. The van der Waals surface area contributed by atoms with Gasteiger partial charge >= 0.3 is 0 Å². The van der Waals surface area contributed by atoms with Crippen LogP contribution in [-0.2, 0) is 4.79 Å². The van der Waals surface area contributed by atoms with E-state index in [0.29, 0.717) is 5.69 Å². The minimum Gasteiger partial charge on any atom is -0.399 e. The molecule has 4 heteroatoms. The molecule has 0 aromatic heterocycles. The van der Waals surface area contributed by atoms with Gasteiger partial charge in [0.15, 0.2) is 0 Å². The maximum absolute atomic E-state index is 11.3. The molecule has 86 valence electrons. The predicted molar refractivity (Wildman–Crippen MR) is 64.6 cm³/mol. The van der Waals surface area contributed by atoms with Gasteiger partial charge in [-0.2, -0.15) is 0 Å². The molecule has 1 atom stereocenters. The molecule has 4 nitrogen and oxygen atoms in total. The summed E-state index contributed by atoms with van der Waals surface area (Å²) in [5, 5.41) is 11.4. The fourth-order valence-electron chi connectivity index (χ4n) is 1.17. The minimum absolute atomic E-state index is 0.0716. The van der Waals surface area contributed by atoms with Crippen molar-refractivity contribution in [1.82, 2.24) is 5.32 Å². The lowest BCUT2D eigenvalue weighted by Gasteiger charge is -2.07. The van der Waals surface area contributed by atoms with Crippen molar-refractivity contribution in [2.45, 2.75) is 13.0 Å². The van der Waals surface area contributed by atoms with Gasteiger partial charge in [-0.05, 0) is 30.7 Å². The van der Waals surface area contributed by atoms with E-state index in [1.54, 1.807) is 25.1 Å². The molecular formula is C12H16N2O2. The Morgan fingerprint density at radius 2 is 2.38 bits per heavy atom. The second-order valence-electron chi connectivity index (χ2n) is 3.60. The third-order valence-corrected chi connectivity index (χ3v) is 2.00. The number of carbonyl (C=O) groups excluding carboxylic acids is 1. The zero-order valence-corrected chi connectivity index (χ0v) is 9.18. The van der Waals surface area contributed by atoms with Gasteiger partial charge in [0.25, 0.3) is 0 Å². The van der Waals surface area contributed by atoms with E-state index in [2.05, 4.69) is 5.32 Å². The highest BCUT2D eigenvalue weighted by atomic mass is 16.3. The third kappa shape index (κ3) is 4.14. The molecule has 0 aliphatic rings. The summed E-state index contributed by atoms with van der Waals surface area (Å²) >= 11 is 0. The zero-order valence-electron chi connectivity index (χ0n) is 9.18. The third-order valence-electron chi connectivity index (χ3n) is 2.00. The van der Waals surface area contributed by atoms with Crippen molar-refractivity contribution in [3.8, 4) is 0 Å². The number of hydrogen-bond acceptors (Lipinski definition) is 3. The van der Waals surface area contributed by atoms with E-state index < -0.39 is 0 Å². The molecule has 1 aromatic rings. The molecule has 0 bridgehead atoms. The molecule has 0 unspecified atom stereocenters. The second kappa shape index (κ2) is 5.92. The average molecular weight is 220 g/mol. The lowest BCUT2D eigenvalue weighted by Crippen LogP contribution is -2.33. The Kier molecular flexibility index (Phi) is 4.54. The normalized spacial score (nSPS) is 12.6. The highest BCUT2D eigenvalue weighted by Crippen LogP contribution is 2.07. The molecule has 0 saturated heterocycles. The summed E-state index contributed by atoms with van der Waals surface area (Å²) < 4.78 is 0. The van der Waals surface area contributed by atoms with Crippen LogP contribution in [0.1, 0.15) is 12.5 Å². The van der Waals surface area contributed by atoms with Crippen molar-refractivity contribution in [2.75, 3.05) is 12.3 Å². The Morgan fingerprint density at radius 1 is 1.62 bits per heavy atom. The lowest BCUT2D eigenvalue weighted by atomic mass is 10.2. The average Bonchev–Trinajstić information content (AvgIpc) is 2.26. The number of rotatable bonds is 4. The van der Waals surface area contributed by atoms with E-state index in [1.807, 2.05) is 12.1 Å². The van der Waals surface area contributed by atoms with Crippen LogP contribution < -0.4 is 11.1 Å². The van der Waals surface area contributed by atoms with Crippen LogP contribution in [0, 0.1) is 0 Å². The van der Waals surface area contributed by atoms with E-state index >= 15 is 0 Å². The van der Waals surface area contributed by atoms with Crippen LogP contribution in [-0.4, -0.2) is 23.7 Å². The van der Waals surface area contributed by atoms with Crippen LogP contribution in [0.5, 0.6) is 0 Å². The van der Waals surface area contributed by atoms with Crippen molar-refractivity contribution in [3.05, 3.63) is 35.9 Å². The van der Waals surface area contributed by atoms with E-state index in [1.165, 1.54) is 6.08 Å². The molecule has 16 heavy (non-hydrogen) atoms. The van der Waals surface area contributed by atoms with Crippen LogP contribution in [0.15, 0.2) is 30.3 Å². The van der Waals surface area contributed by atoms with Crippen molar-refractivity contribution in [1.29, 1.82) is 0 Å². The smallest absolute Gasteiger partial charge is 0.244 e. The molecule has 0 aliphatic heterocycles. The minimum atomic E-state index is -0.238. The van der Waals surface area contributed by atoms with Crippen LogP contribution in [0.25, 0.3) is 6.08 Å². The first-order chi connectivity index (χ1) is 7.61. The van der Waals surface area contributed by atoms with Crippen LogP contribution in [0.2, 0.25) is 0 Å². The number of nitrogens with one attached hydrogen (secondary N) is 1. The van der Waals surface area contributed by atoms with Gasteiger partial charge in [0, 0.05) is 17.8 Å². The Labute approximate surface area is 94.8 Å². The maximum Gasteiger partial charge on any atom is 0.244 e. The first-order valence-electron chi connectivity index (χ1n) is 5.07. The van der Waals surface area contributed by atoms with Crippen molar-refractivity contribution >= 4 is 17.7 Å². The van der Waals surface area contributed by atoms with Gasteiger partial charge in [0.2, 0.25) is 5.91 Å². The number of aliphatic hydroxyl groups is 1. The Morgan fingerprint density at radius 3 is 3.00 bits per heavy atom. The van der Waals surface area contributed by atoms with E-state index in [4.69, 9.17) is 10.8 Å². The molecule has 4 N–H and O–H groups in total. The highest BCUT2D eigenvalue weighted by molar-refractivity contribution is 5.92. The number of aliphatic hydroxyl groups excluding tert-OH is 1. The quantitative estimate of drug-likeness (QED) is 0.518. The van der Waals surface area contributed by atoms with Gasteiger partial charge in [-0.25, -0.2) is 0 Å². The first kappa shape index (κ1) is 12.3. The molecule has 0 spiro atoms. The number of amides is 1. The maximum atomic E-state index is 11.3. The fraction of sp³-hybridized carbons (Fsp3) is 0.250. The number of carbonyl (C=O) groups is 1. The summed E-state index contributed by atoms with van der Waals surface area (Å²) in [4.78, 5) is 11.3. The number of nitrogens with two attached hydrogens (primary N) is 1. The summed E-state index contributed by atoms with van der Waals surface area (Å²) in [6.45, 7) is 1.66. The molecule has 1 amide bonds. The van der Waals surface area contributed by atoms with Gasteiger partial charge in [-0.1, -0.05) is 12.1 Å². The number of nitrogen functional groups attached to an aromatic ring is 1. The summed E-state index contributed by atoms with van der Waals surface area (Å²) in [5.74, 6) is -0.232.